The van der Waals surface area contributed by atoms with E-state index in [9.17, 15) is 4.79 Å². The van der Waals surface area contributed by atoms with Crippen LogP contribution >= 0.6 is 0 Å². The van der Waals surface area contributed by atoms with E-state index in [1.807, 2.05) is 47.4 Å². The molecule has 1 spiro atoms. The van der Waals surface area contributed by atoms with Gasteiger partial charge in [-0.3, -0.25) is 14.7 Å². The Morgan fingerprint density at radius 2 is 1.78 bits per heavy atom. The lowest BCUT2D eigenvalue weighted by Crippen LogP contribution is -2.60. The maximum Gasteiger partial charge on any atom is 0.260 e. The molecule has 6 nitrogen and oxygen atoms in total. The molecular weight excluding hydrogens is 342 g/mol. The minimum absolute atomic E-state index is 0.0589. The number of amides is 1. The number of para-hydroxylation sites is 1. The van der Waals surface area contributed by atoms with Crippen LogP contribution in [0, 0.1) is 5.41 Å². The Morgan fingerprint density at radius 3 is 2.52 bits per heavy atom. The van der Waals surface area contributed by atoms with Crippen molar-refractivity contribution in [2.45, 2.75) is 12.5 Å². The molecule has 142 valence electrons. The molecule has 1 aromatic heterocycles. The monoisotopic (exact) mass is 367 g/mol. The molecule has 0 saturated carbocycles. The molecule has 1 unspecified atom stereocenters. The molecule has 2 aliphatic rings. The summed E-state index contributed by atoms with van der Waals surface area (Å²) in [5, 5.41) is 0. The quantitative estimate of drug-likeness (QED) is 0.782. The lowest BCUT2D eigenvalue weighted by atomic mass is 9.78. The fraction of sp³-hybridized carbons (Fsp3) is 0.429. The van der Waals surface area contributed by atoms with Gasteiger partial charge < -0.3 is 14.4 Å². The first-order chi connectivity index (χ1) is 13.1. The lowest BCUT2D eigenvalue weighted by molar-refractivity contribution is -0.144. The van der Waals surface area contributed by atoms with Crippen LogP contribution in [0.2, 0.25) is 0 Å². The van der Waals surface area contributed by atoms with Gasteiger partial charge in [0.25, 0.3) is 5.91 Å². The van der Waals surface area contributed by atoms with Gasteiger partial charge in [0.05, 0.1) is 0 Å². The van der Waals surface area contributed by atoms with Gasteiger partial charge in [0.15, 0.2) is 6.61 Å². The van der Waals surface area contributed by atoms with E-state index in [1.165, 1.54) is 0 Å². The molecule has 1 amide bonds. The second-order valence-corrected chi connectivity index (χ2v) is 7.62. The number of carbonyl (C=O) groups excluding carboxylic acids is 1. The molecule has 6 heteroatoms. The summed E-state index contributed by atoms with van der Waals surface area (Å²) in [5.41, 5.74) is 0.198. The summed E-state index contributed by atoms with van der Waals surface area (Å²) in [7, 11) is 2.14. The summed E-state index contributed by atoms with van der Waals surface area (Å²) in [5.74, 6) is 1.64. The van der Waals surface area contributed by atoms with Crippen molar-refractivity contribution in [1.82, 2.24) is 14.8 Å². The second-order valence-electron chi connectivity index (χ2n) is 7.62. The minimum Gasteiger partial charge on any atom is -0.492 e. The number of likely N-dealkylation sites (tertiary alicyclic amines) is 2. The SMILES string of the molecule is CN1CC2(CC1COc1ccncc1)CN(C(=O)COc1ccccc1)C2. The highest BCUT2D eigenvalue weighted by atomic mass is 16.5. The maximum atomic E-state index is 12.4. The van der Waals surface area contributed by atoms with Gasteiger partial charge in [0.2, 0.25) is 0 Å². The highest BCUT2D eigenvalue weighted by Gasteiger charge is 2.51. The summed E-state index contributed by atoms with van der Waals surface area (Å²) in [6.45, 7) is 3.37. The largest absolute Gasteiger partial charge is 0.492 e. The highest BCUT2D eigenvalue weighted by molar-refractivity contribution is 5.78. The van der Waals surface area contributed by atoms with Crippen molar-refractivity contribution in [3.8, 4) is 11.5 Å². The molecule has 1 atom stereocenters. The van der Waals surface area contributed by atoms with Crippen molar-refractivity contribution in [3.05, 3.63) is 54.9 Å². The molecule has 3 heterocycles. The highest BCUT2D eigenvalue weighted by Crippen LogP contribution is 2.42. The number of rotatable bonds is 6. The van der Waals surface area contributed by atoms with Gasteiger partial charge in [0, 0.05) is 43.5 Å². The van der Waals surface area contributed by atoms with E-state index in [4.69, 9.17) is 9.47 Å². The first kappa shape index (κ1) is 17.8. The van der Waals surface area contributed by atoms with E-state index in [2.05, 4.69) is 16.9 Å². The van der Waals surface area contributed by atoms with Gasteiger partial charge in [-0.2, -0.15) is 0 Å². The van der Waals surface area contributed by atoms with Gasteiger partial charge in [-0.15, -0.1) is 0 Å². The zero-order chi connectivity index (χ0) is 18.7. The molecule has 4 rings (SSSR count). The minimum atomic E-state index is 0.0589. The Bertz CT molecular complexity index is 763. The molecule has 1 aromatic carbocycles. The Labute approximate surface area is 159 Å². The van der Waals surface area contributed by atoms with Crippen LogP contribution in [0.1, 0.15) is 6.42 Å². The fourth-order valence-corrected chi connectivity index (χ4v) is 4.11. The Hall–Kier alpha value is -2.60. The maximum absolute atomic E-state index is 12.4. The normalized spacial score (nSPS) is 21.1. The molecule has 2 saturated heterocycles. The standard InChI is InChI=1S/C21H25N3O3/c1-23-14-21(11-17(23)12-26-19-7-9-22-10-8-19)15-24(16-21)20(25)13-27-18-5-3-2-4-6-18/h2-10,17H,11-16H2,1H3. The average molecular weight is 367 g/mol. The first-order valence-electron chi connectivity index (χ1n) is 9.32. The summed E-state index contributed by atoms with van der Waals surface area (Å²) in [4.78, 5) is 20.6. The fourth-order valence-electron chi connectivity index (χ4n) is 4.11. The Balaban J connectivity index is 1.24. The molecular formula is C21H25N3O3. The average Bonchev–Trinajstić information content (AvgIpc) is 3.02. The van der Waals surface area contributed by atoms with Crippen LogP contribution in [0.25, 0.3) is 0 Å². The van der Waals surface area contributed by atoms with Crippen molar-refractivity contribution in [2.75, 3.05) is 39.9 Å². The van der Waals surface area contributed by atoms with Gasteiger partial charge in [0.1, 0.15) is 18.1 Å². The third kappa shape index (κ3) is 4.06. The number of hydrogen-bond acceptors (Lipinski definition) is 5. The van der Waals surface area contributed by atoms with Crippen molar-refractivity contribution in [3.63, 3.8) is 0 Å². The second kappa shape index (κ2) is 7.56. The molecule has 27 heavy (non-hydrogen) atoms. The van der Waals surface area contributed by atoms with Crippen LogP contribution in [0.15, 0.2) is 54.9 Å². The van der Waals surface area contributed by atoms with Crippen molar-refractivity contribution in [1.29, 1.82) is 0 Å². The summed E-state index contributed by atoms with van der Waals surface area (Å²) in [6, 6.07) is 13.6. The summed E-state index contributed by atoms with van der Waals surface area (Å²) >= 11 is 0. The van der Waals surface area contributed by atoms with Crippen LogP contribution < -0.4 is 9.47 Å². The van der Waals surface area contributed by atoms with Crippen LogP contribution in [-0.2, 0) is 4.79 Å². The number of aromatic nitrogens is 1. The van der Waals surface area contributed by atoms with Gasteiger partial charge in [-0.25, -0.2) is 0 Å². The van der Waals surface area contributed by atoms with E-state index in [1.54, 1.807) is 12.4 Å². The summed E-state index contributed by atoms with van der Waals surface area (Å²) in [6.07, 6.45) is 4.53. The predicted octanol–water partition coefficient (Wildman–Crippen LogP) is 2.07. The Kier molecular flexibility index (Phi) is 4.99. The molecule has 0 N–H and O–H groups in total. The number of hydrogen-bond donors (Lipinski definition) is 0. The topological polar surface area (TPSA) is 54.9 Å². The van der Waals surface area contributed by atoms with Gasteiger partial charge in [-0.1, -0.05) is 18.2 Å². The summed E-state index contributed by atoms with van der Waals surface area (Å²) < 4.78 is 11.5. The number of carbonyl (C=O) groups is 1. The zero-order valence-corrected chi connectivity index (χ0v) is 15.6. The van der Waals surface area contributed by atoms with Crippen LogP contribution in [-0.4, -0.2) is 66.6 Å². The number of benzene rings is 1. The molecule has 2 aromatic rings. The van der Waals surface area contributed by atoms with Crippen LogP contribution in [0.4, 0.5) is 0 Å². The van der Waals surface area contributed by atoms with Crippen molar-refractivity contribution < 1.29 is 14.3 Å². The molecule has 0 radical (unpaired) electrons. The predicted molar refractivity (Wildman–Crippen MR) is 102 cm³/mol. The smallest absolute Gasteiger partial charge is 0.260 e. The Morgan fingerprint density at radius 1 is 1.07 bits per heavy atom. The van der Waals surface area contributed by atoms with Crippen LogP contribution in [0.3, 0.4) is 0 Å². The zero-order valence-electron chi connectivity index (χ0n) is 15.6. The third-order valence-corrected chi connectivity index (χ3v) is 5.48. The molecule has 0 bridgehead atoms. The first-order valence-corrected chi connectivity index (χ1v) is 9.32. The van der Waals surface area contributed by atoms with Gasteiger partial charge >= 0.3 is 0 Å². The number of likely N-dealkylation sites (N-methyl/N-ethyl adjacent to an activating group) is 1. The number of ether oxygens (including phenoxy) is 2. The molecule has 0 aliphatic carbocycles. The third-order valence-electron chi connectivity index (χ3n) is 5.48. The van der Waals surface area contributed by atoms with E-state index >= 15 is 0 Å². The van der Waals surface area contributed by atoms with E-state index in [0.717, 1.165) is 37.6 Å². The molecule has 2 aliphatic heterocycles. The van der Waals surface area contributed by atoms with Crippen molar-refractivity contribution >= 4 is 5.91 Å². The van der Waals surface area contributed by atoms with E-state index in [-0.39, 0.29) is 17.9 Å². The van der Waals surface area contributed by atoms with Gasteiger partial charge in [-0.05, 0) is 37.7 Å². The number of nitrogens with zero attached hydrogens (tertiary/aromatic N) is 3. The molecule has 2 fully saturated rings. The van der Waals surface area contributed by atoms with Crippen molar-refractivity contribution in [2.24, 2.45) is 5.41 Å². The van der Waals surface area contributed by atoms with E-state index < -0.39 is 0 Å². The lowest BCUT2D eigenvalue weighted by Gasteiger charge is -2.48. The van der Waals surface area contributed by atoms with Crippen LogP contribution in [0.5, 0.6) is 11.5 Å². The number of pyridine rings is 1. The van der Waals surface area contributed by atoms with E-state index in [0.29, 0.717) is 12.6 Å².